The smallest absolute Gasteiger partial charge is 0.261 e. The van der Waals surface area contributed by atoms with E-state index in [1.165, 1.54) is 5.56 Å². The lowest BCUT2D eigenvalue weighted by molar-refractivity contribution is -0.127. The van der Waals surface area contributed by atoms with Crippen molar-refractivity contribution in [2.24, 2.45) is 0 Å². The Balaban J connectivity index is 1.71. The van der Waals surface area contributed by atoms with Crippen LogP contribution in [0.5, 0.6) is 5.75 Å². The van der Waals surface area contributed by atoms with Crippen LogP contribution < -0.4 is 10.1 Å². The predicted molar refractivity (Wildman–Crippen MR) is 116 cm³/mol. The molecule has 0 aliphatic heterocycles. The number of benzene rings is 2. The zero-order valence-corrected chi connectivity index (χ0v) is 18.0. The average Bonchev–Trinajstić information content (AvgIpc) is 2.68. The predicted octanol–water partition coefficient (Wildman–Crippen LogP) is 5.76. The van der Waals surface area contributed by atoms with Gasteiger partial charge in [0.05, 0.1) is 10.0 Å². The fraction of sp³-hybridized carbons (Fsp3) is 0.381. The maximum atomic E-state index is 12.3. The summed E-state index contributed by atoms with van der Waals surface area (Å²) >= 11 is 13.7. The number of carbonyl (C=O) groups is 1. The van der Waals surface area contributed by atoms with Gasteiger partial charge in [-0.2, -0.15) is 11.8 Å². The molecule has 27 heavy (non-hydrogen) atoms. The van der Waals surface area contributed by atoms with E-state index >= 15 is 0 Å². The highest BCUT2D eigenvalue weighted by atomic mass is 35.5. The zero-order valence-electron chi connectivity index (χ0n) is 15.6. The molecular weight excluding hydrogens is 401 g/mol. The summed E-state index contributed by atoms with van der Waals surface area (Å²) in [5, 5.41) is 4.08. The Bertz CT molecular complexity index is 737. The maximum Gasteiger partial charge on any atom is 0.261 e. The summed E-state index contributed by atoms with van der Waals surface area (Å²) in [4.78, 5) is 12.3. The normalized spacial score (nSPS) is 11.9. The van der Waals surface area contributed by atoms with Gasteiger partial charge in [-0.05, 0) is 48.2 Å². The number of rotatable bonds is 10. The van der Waals surface area contributed by atoms with Gasteiger partial charge in [0, 0.05) is 18.1 Å². The van der Waals surface area contributed by atoms with Gasteiger partial charge in [0.1, 0.15) is 5.75 Å². The zero-order chi connectivity index (χ0) is 19.6. The lowest BCUT2D eigenvalue weighted by Gasteiger charge is -2.17. The highest BCUT2D eigenvalue weighted by Crippen LogP contribution is 2.24. The number of thioether (sulfide) groups is 1. The molecule has 0 bridgehead atoms. The number of nitrogens with one attached hydrogen (secondary N) is 1. The van der Waals surface area contributed by atoms with Gasteiger partial charge in [0.2, 0.25) is 0 Å². The van der Waals surface area contributed by atoms with E-state index in [-0.39, 0.29) is 5.91 Å². The lowest BCUT2D eigenvalue weighted by Crippen LogP contribution is -2.39. The molecule has 2 rings (SSSR count). The second kappa shape index (κ2) is 11.5. The topological polar surface area (TPSA) is 38.3 Å². The number of amides is 1. The summed E-state index contributed by atoms with van der Waals surface area (Å²) in [7, 11) is 0. The van der Waals surface area contributed by atoms with Crippen LogP contribution in [-0.4, -0.2) is 24.3 Å². The lowest BCUT2D eigenvalue weighted by atomic mass is 10.2. The quantitative estimate of drug-likeness (QED) is 0.491. The molecule has 0 aliphatic rings. The second-order valence-corrected chi connectivity index (χ2v) is 8.02. The van der Waals surface area contributed by atoms with Crippen molar-refractivity contribution in [1.29, 1.82) is 0 Å². The standard InChI is InChI=1S/C21H25Cl2NO2S/c1-3-15-5-8-17(9-6-15)26-20(4-2)21(25)24-11-12-27-14-16-7-10-18(22)19(23)13-16/h5-10,13,20H,3-4,11-12,14H2,1-2H3,(H,24,25)/t20-/m0/s1. The molecule has 0 unspecified atom stereocenters. The van der Waals surface area contributed by atoms with Crippen LogP contribution in [0, 0.1) is 0 Å². The third-order valence-corrected chi connectivity index (χ3v) is 5.84. The van der Waals surface area contributed by atoms with E-state index in [1.807, 2.05) is 43.3 Å². The molecule has 0 saturated heterocycles. The van der Waals surface area contributed by atoms with Crippen LogP contribution in [0.2, 0.25) is 10.0 Å². The Hall–Kier alpha value is -1.36. The molecule has 2 aromatic carbocycles. The molecule has 0 aliphatic carbocycles. The highest BCUT2D eigenvalue weighted by Gasteiger charge is 2.17. The van der Waals surface area contributed by atoms with E-state index in [1.54, 1.807) is 17.8 Å². The molecule has 0 saturated carbocycles. The molecule has 0 fully saturated rings. The van der Waals surface area contributed by atoms with Gasteiger partial charge < -0.3 is 10.1 Å². The summed E-state index contributed by atoms with van der Waals surface area (Å²) in [5.41, 5.74) is 2.37. The summed E-state index contributed by atoms with van der Waals surface area (Å²) in [6, 6.07) is 13.5. The van der Waals surface area contributed by atoms with Gasteiger partial charge in [-0.15, -0.1) is 0 Å². The van der Waals surface area contributed by atoms with Gasteiger partial charge in [-0.3, -0.25) is 4.79 Å². The van der Waals surface area contributed by atoms with Crippen molar-refractivity contribution in [3.8, 4) is 5.75 Å². The van der Waals surface area contributed by atoms with Crippen LogP contribution >= 0.6 is 35.0 Å². The second-order valence-electron chi connectivity index (χ2n) is 6.10. The summed E-state index contributed by atoms with van der Waals surface area (Å²) in [6.07, 6.45) is 1.13. The molecule has 0 spiro atoms. The van der Waals surface area contributed by atoms with E-state index in [0.29, 0.717) is 23.0 Å². The van der Waals surface area contributed by atoms with E-state index in [9.17, 15) is 4.79 Å². The van der Waals surface area contributed by atoms with E-state index in [0.717, 1.165) is 29.2 Å². The van der Waals surface area contributed by atoms with Crippen molar-refractivity contribution < 1.29 is 9.53 Å². The van der Waals surface area contributed by atoms with Crippen molar-refractivity contribution in [3.05, 3.63) is 63.6 Å². The fourth-order valence-corrected chi connectivity index (χ4v) is 3.60. The Morgan fingerprint density at radius 3 is 2.41 bits per heavy atom. The van der Waals surface area contributed by atoms with Crippen LogP contribution in [0.4, 0.5) is 0 Å². The number of halogens is 2. The number of hydrogen-bond acceptors (Lipinski definition) is 3. The minimum absolute atomic E-state index is 0.0767. The maximum absolute atomic E-state index is 12.3. The van der Waals surface area contributed by atoms with E-state index in [4.69, 9.17) is 27.9 Å². The monoisotopic (exact) mass is 425 g/mol. The van der Waals surface area contributed by atoms with Crippen LogP contribution in [-0.2, 0) is 17.0 Å². The average molecular weight is 426 g/mol. The first-order chi connectivity index (χ1) is 13.0. The first-order valence-electron chi connectivity index (χ1n) is 9.08. The third-order valence-electron chi connectivity index (χ3n) is 4.07. The molecule has 1 atom stereocenters. The molecule has 1 amide bonds. The van der Waals surface area contributed by atoms with Gasteiger partial charge >= 0.3 is 0 Å². The van der Waals surface area contributed by atoms with Gasteiger partial charge in [0.25, 0.3) is 5.91 Å². The minimum Gasteiger partial charge on any atom is -0.481 e. The van der Waals surface area contributed by atoms with Crippen molar-refractivity contribution >= 4 is 40.9 Å². The largest absolute Gasteiger partial charge is 0.481 e. The number of carbonyl (C=O) groups excluding carboxylic acids is 1. The van der Waals surface area contributed by atoms with E-state index in [2.05, 4.69) is 12.2 Å². The molecule has 146 valence electrons. The van der Waals surface area contributed by atoms with E-state index < -0.39 is 6.10 Å². The fourth-order valence-electron chi connectivity index (χ4n) is 2.47. The number of aryl methyl sites for hydroxylation is 1. The first kappa shape index (κ1) is 21.9. The molecule has 0 aromatic heterocycles. The van der Waals surface area contributed by atoms with Crippen molar-refractivity contribution in [2.75, 3.05) is 12.3 Å². The number of ether oxygens (including phenoxy) is 1. The van der Waals surface area contributed by atoms with Crippen molar-refractivity contribution in [2.45, 2.75) is 38.5 Å². The van der Waals surface area contributed by atoms with Crippen molar-refractivity contribution in [3.63, 3.8) is 0 Å². The molecule has 1 N–H and O–H groups in total. The third kappa shape index (κ3) is 7.28. The van der Waals surface area contributed by atoms with Gasteiger partial charge in [-0.1, -0.05) is 55.2 Å². The molecule has 3 nitrogen and oxygen atoms in total. The molecule has 0 radical (unpaired) electrons. The summed E-state index contributed by atoms with van der Waals surface area (Å²) in [5.74, 6) is 2.29. The van der Waals surface area contributed by atoms with Crippen LogP contribution in [0.25, 0.3) is 0 Å². The van der Waals surface area contributed by atoms with Crippen molar-refractivity contribution in [1.82, 2.24) is 5.32 Å². The van der Waals surface area contributed by atoms with Gasteiger partial charge in [0.15, 0.2) is 6.10 Å². The minimum atomic E-state index is -0.474. The Labute approximate surface area is 175 Å². The van der Waals surface area contributed by atoms with Crippen LogP contribution in [0.1, 0.15) is 31.4 Å². The van der Waals surface area contributed by atoms with Gasteiger partial charge in [-0.25, -0.2) is 0 Å². The molecular formula is C21H25Cl2NO2S. The molecule has 2 aromatic rings. The van der Waals surface area contributed by atoms with Crippen LogP contribution in [0.3, 0.4) is 0 Å². The Kier molecular flexibility index (Phi) is 9.32. The first-order valence-corrected chi connectivity index (χ1v) is 11.0. The molecule has 6 heteroatoms. The number of hydrogen-bond donors (Lipinski definition) is 1. The Morgan fingerprint density at radius 2 is 1.78 bits per heavy atom. The summed E-state index contributed by atoms with van der Waals surface area (Å²) in [6.45, 7) is 4.65. The molecule has 0 heterocycles. The summed E-state index contributed by atoms with van der Waals surface area (Å²) < 4.78 is 5.83. The SMILES string of the molecule is CCc1ccc(O[C@@H](CC)C(=O)NCCSCc2ccc(Cl)c(Cl)c2)cc1. The highest BCUT2D eigenvalue weighted by molar-refractivity contribution is 7.98. The Morgan fingerprint density at radius 1 is 1.07 bits per heavy atom. The van der Waals surface area contributed by atoms with Crippen LogP contribution in [0.15, 0.2) is 42.5 Å².